The van der Waals surface area contributed by atoms with E-state index in [4.69, 9.17) is 11.6 Å². The maximum atomic E-state index is 11.4. The number of thiazole rings is 1. The summed E-state index contributed by atoms with van der Waals surface area (Å²) in [6.45, 7) is 0.645. The Morgan fingerprint density at radius 1 is 1.71 bits per heavy atom. The van der Waals surface area contributed by atoms with Crippen LogP contribution in [-0.4, -0.2) is 16.4 Å². The van der Waals surface area contributed by atoms with Crippen LogP contribution in [-0.2, 0) is 6.54 Å². The molecule has 0 aromatic carbocycles. The highest BCUT2D eigenvalue weighted by molar-refractivity contribution is 7.17. The van der Waals surface area contributed by atoms with E-state index in [-0.39, 0.29) is 5.56 Å². The smallest absolute Gasteiger partial charge is 0.259 e. The molecule has 2 aromatic rings. The summed E-state index contributed by atoms with van der Waals surface area (Å²) in [5.41, 5.74) is -0.140. The van der Waals surface area contributed by atoms with Crippen LogP contribution in [0, 0.1) is 0 Å². The number of nitrogens with one attached hydrogen (secondary N) is 1. The molecule has 0 aliphatic carbocycles. The third kappa shape index (κ3) is 1.43. The minimum absolute atomic E-state index is 0.140. The Hall–Kier alpha value is -0.910. The lowest BCUT2D eigenvalue weighted by atomic mass is 10.5. The molecule has 0 atom stereocenters. The molecule has 0 radical (unpaired) electrons. The van der Waals surface area contributed by atoms with Crippen LogP contribution in [0.3, 0.4) is 0 Å². The number of hydrogen-bond acceptors (Lipinski definition) is 4. The lowest BCUT2D eigenvalue weighted by Gasteiger charge is -1.94. The lowest BCUT2D eigenvalue weighted by molar-refractivity contribution is 0.826. The molecule has 0 amide bonds. The standard InChI is InChI=1S/C8H8ClN3OS/c1-10-4-5-7(9)12-6(13)2-3-11-8(12)14-5/h2-3,10H,4H2,1H3. The summed E-state index contributed by atoms with van der Waals surface area (Å²) in [6, 6.07) is 1.40. The first-order chi connectivity index (χ1) is 6.74. The van der Waals surface area contributed by atoms with Gasteiger partial charge in [-0.3, -0.25) is 4.79 Å². The molecule has 2 heterocycles. The molecule has 14 heavy (non-hydrogen) atoms. The SMILES string of the molecule is CNCc1sc2nccc(=O)n2c1Cl. The lowest BCUT2D eigenvalue weighted by Crippen LogP contribution is -2.11. The van der Waals surface area contributed by atoms with Gasteiger partial charge in [-0.2, -0.15) is 0 Å². The fourth-order valence-corrected chi connectivity index (χ4v) is 2.59. The van der Waals surface area contributed by atoms with Crippen LogP contribution in [0.15, 0.2) is 17.1 Å². The number of aromatic nitrogens is 2. The van der Waals surface area contributed by atoms with Gasteiger partial charge in [0.1, 0.15) is 5.15 Å². The topological polar surface area (TPSA) is 46.4 Å². The number of hydrogen-bond donors (Lipinski definition) is 1. The molecule has 0 aliphatic rings. The van der Waals surface area contributed by atoms with Gasteiger partial charge in [0.05, 0.1) is 4.88 Å². The van der Waals surface area contributed by atoms with Crippen molar-refractivity contribution in [3.05, 3.63) is 32.6 Å². The summed E-state index contributed by atoms with van der Waals surface area (Å²) >= 11 is 7.45. The normalized spacial score (nSPS) is 11.0. The van der Waals surface area contributed by atoms with Crippen LogP contribution in [0.4, 0.5) is 0 Å². The van der Waals surface area contributed by atoms with Gasteiger partial charge in [0.25, 0.3) is 5.56 Å². The second-order valence-corrected chi connectivity index (χ2v) is 4.17. The molecule has 6 heteroatoms. The van der Waals surface area contributed by atoms with Crippen LogP contribution in [0.25, 0.3) is 4.96 Å². The monoisotopic (exact) mass is 229 g/mol. The molecule has 2 aromatic heterocycles. The second-order valence-electron chi connectivity index (χ2n) is 2.75. The fourth-order valence-electron chi connectivity index (χ4n) is 1.19. The van der Waals surface area contributed by atoms with E-state index < -0.39 is 0 Å². The van der Waals surface area contributed by atoms with Crippen LogP contribution in [0.5, 0.6) is 0 Å². The summed E-state index contributed by atoms with van der Waals surface area (Å²) in [5, 5.41) is 3.44. The zero-order valence-corrected chi connectivity index (χ0v) is 9.02. The molecule has 0 saturated heterocycles. The van der Waals surface area contributed by atoms with Crippen molar-refractivity contribution in [2.24, 2.45) is 0 Å². The zero-order valence-electron chi connectivity index (χ0n) is 7.45. The molecular weight excluding hydrogens is 222 g/mol. The van der Waals surface area contributed by atoms with Gasteiger partial charge >= 0.3 is 0 Å². The van der Waals surface area contributed by atoms with E-state index in [1.807, 2.05) is 7.05 Å². The van der Waals surface area contributed by atoms with Crippen LogP contribution >= 0.6 is 22.9 Å². The van der Waals surface area contributed by atoms with Crippen molar-refractivity contribution in [2.75, 3.05) is 7.05 Å². The van der Waals surface area contributed by atoms with E-state index in [0.29, 0.717) is 16.7 Å². The molecule has 0 unspecified atom stereocenters. The number of fused-ring (bicyclic) bond motifs is 1. The molecule has 0 aliphatic heterocycles. The molecule has 0 saturated carbocycles. The quantitative estimate of drug-likeness (QED) is 0.840. The van der Waals surface area contributed by atoms with E-state index in [2.05, 4.69) is 10.3 Å². The molecular formula is C8H8ClN3OS. The van der Waals surface area contributed by atoms with Gasteiger partial charge in [-0.1, -0.05) is 22.9 Å². The Labute approximate surface area is 89.2 Å². The van der Waals surface area contributed by atoms with E-state index >= 15 is 0 Å². The van der Waals surface area contributed by atoms with E-state index in [1.54, 1.807) is 0 Å². The van der Waals surface area contributed by atoms with E-state index in [9.17, 15) is 4.79 Å². The summed E-state index contributed by atoms with van der Waals surface area (Å²) < 4.78 is 1.42. The van der Waals surface area contributed by atoms with Gasteiger partial charge in [-0.05, 0) is 7.05 Å². The van der Waals surface area contributed by atoms with Gasteiger partial charge < -0.3 is 5.32 Å². The first-order valence-corrected chi connectivity index (χ1v) is 5.23. The van der Waals surface area contributed by atoms with Gasteiger partial charge in [-0.25, -0.2) is 9.38 Å². The Morgan fingerprint density at radius 2 is 2.50 bits per heavy atom. The summed E-state index contributed by atoms with van der Waals surface area (Å²) in [7, 11) is 1.83. The maximum absolute atomic E-state index is 11.4. The highest BCUT2D eigenvalue weighted by Crippen LogP contribution is 2.24. The molecule has 0 spiro atoms. The first kappa shape index (κ1) is 9.64. The van der Waals surface area contributed by atoms with Gasteiger partial charge in [-0.15, -0.1) is 0 Å². The average Bonchev–Trinajstić information content (AvgIpc) is 2.46. The molecule has 0 fully saturated rings. The molecule has 74 valence electrons. The fraction of sp³-hybridized carbons (Fsp3) is 0.250. The number of nitrogens with zero attached hydrogens (tertiary/aromatic N) is 2. The minimum atomic E-state index is -0.140. The highest BCUT2D eigenvalue weighted by Gasteiger charge is 2.10. The number of halogens is 1. The number of rotatable bonds is 2. The van der Waals surface area contributed by atoms with Crippen molar-refractivity contribution in [1.29, 1.82) is 0 Å². The van der Waals surface area contributed by atoms with Gasteiger partial charge in [0.2, 0.25) is 0 Å². The summed E-state index contributed by atoms with van der Waals surface area (Å²) in [4.78, 5) is 17.1. The van der Waals surface area contributed by atoms with Crippen LogP contribution in [0.2, 0.25) is 5.15 Å². The van der Waals surface area contributed by atoms with E-state index in [1.165, 1.54) is 28.0 Å². The van der Waals surface area contributed by atoms with Crippen molar-refractivity contribution in [2.45, 2.75) is 6.54 Å². The van der Waals surface area contributed by atoms with Crippen molar-refractivity contribution in [3.63, 3.8) is 0 Å². The largest absolute Gasteiger partial charge is 0.315 e. The second kappa shape index (κ2) is 3.68. The van der Waals surface area contributed by atoms with Crippen molar-refractivity contribution >= 4 is 27.9 Å². The van der Waals surface area contributed by atoms with Crippen molar-refractivity contribution in [3.8, 4) is 0 Å². The zero-order chi connectivity index (χ0) is 10.1. The Balaban J connectivity index is 2.74. The first-order valence-electron chi connectivity index (χ1n) is 4.03. The third-order valence-electron chi connectivity index (χ3n) is 1.79. The van der Waals surface area contributed by atoms with Gasteiger partial charge in [0, 0.05) is 18.8 Å². The van der Waals surface area contributed by atoms with Crippen LogP contribution in [0.1, 0.15) is 4.88 Å². The Kier molecular flexibility index (Phi) is 2.54. The van der Waals surface area contributed by atoms with Gasteiger partial charge in [0.15, 0.2) is 4.96 Å². The highest BCUT2D eigenvalue weighted by atomic mass is 35.5. The van der Waals surface area contributed by atoms with Crippen molar-refractivity contribution in [1.82, 2.24) is 14.7 Å². The van der Waals surface area contributed by atoms with Crippen LogP contribution < -0.4 is 10.9 Å². The third-order valence-corrected chi connectivity index (χ3v) is 3.36. The average molecular weight is 230 g/mol. The maximum Gasteiger partial charge on any atom is 0.259 e. The van der Waals surface area contributed by atoms with E-state index in [0.717, 1.165) is 4.88 Å². The molecule has 2 rings (SSSR count). The Morgan fingerprint density at radius 3 is 3.14 bits per heavy atom. The Bertz CT molecular complexity index is 519. The molecule has 0 bridgehead atoms. The summed E-state index contributed by atoms with van der Waals surface area (Å²) in [6.07, 6.45) is 1.49. The molecule has 4 nitrogen and oxygen atoms in total. The summed E-state index contributed by atoms with van der Waals surface area (Å²) in [5.74, 6) is 0. The predicted octanol–water partition coefficient (Wildman–Crippen LogP) is 1.13. The van der Waals surface area contributed by atoms with Crippen molar-refractivity contribution < 1.29 is 0 Å². The minimum Gasteiger partial charge on any atom is -0.315 e. The predicted molar refractivity (Wildman–Crippen MR) is 57.1 cm³/mol. The molecule has 1 N–H and O–H groups in total.